The average molecular weight is 477 g/mol. The first-order chi connectivity index (χ1) is 16.8. The van der Waals surface area contributed by atoms with E-state index < -0.39 is 12.1 Å². The molecule has 7 heteroatoms. The van der Waals surface area contributed by atoms with Gasteiger partial charge in [0.05, 0.1) is 12.7 Å². The lowest BCUT2D eigenvalue weighted by Crippen LogP contribution is -2.20. The summed E-state index contributed by atoms with van der Waals surface area (Å²) in [5.41, 5.74) is 5.08. The van der Waals surface area contributed by atoms with Crippen LogP contribution in [0, 0.1) is 0 Å². The molecule has 1 saturated carbocycles. The molecule has 0 aliphatic heterocycles. The van der Waals surface area contributed by atoms with E-state index in [4.69, 9.17) is 9.47 Å². The molecule has 1 fully saturated rings. The maximum absolute atomic E-state index is 12.4. The summed E-state index contributed by atoms with van der Waals surface area (Å²) in [7, 11) is 1.54. The summed E-state index contributed by atoms with van der Waals surface area (Å²) in [5.74, 6) is -0.460. The highest BCUT2D eigenvalue weighted by atomic mass is 16.6. The van der Waals surface area contributed by atoms with Gasteiger partial charge < -0.3 is 19.1 Å². The Labute approximate surface area is 205 Å². The number of hydrogen-bond donors (Lipinski definition) is 2. The van der Waals surface area contributed by atoms with E-state index in [-0.39, 0.29) is 11.7 Å². The van der Waals surface area contributed by atoms with Gasteiger partial charge in [0.1, 0.15) is 11.9 Å². The number of methoxy groups -OCH3 is 1. The van der Waals surface area contributed by atoms with Gasteiger partial charge in [-0.3, -0.25) is 5.32 Å². The van der Waals surface area contributed by atoms with Gasteiger partial charge in [-0.2, -0.15) is 0 Å². The van der Waals surface area contributed by atoms with Crippen LogP contribution in [0.4, 0.5) is 10.5 Å². The maximum atomic E-state index is 12.4. The molecule has 0 unspecified atom stereocenters. The Morgan fingerprint density at radius 3 is 2.57 bits per heavy atom. The number of nitrogens with zero attached hydrogens (tertiary/aromatic N) is 1. The highest BCUT2D eigenvalue weighted by Crippen LogP contribution is 2.31. The Balaban J connectivity index is 1.66. The van der Waals surface area contributed by atoms with Crippen molar-refractivity contribution >= 4 is 28.7 Å². The van der Waals surface area contributed by atoms with E-state index in [2.05, 4.69) is 36.0 Å². The minimum Gasteiger partial charge on any atom is -0.496 e. The average Bonchev–Trinajstić information content (AvgIpc) is 3.45. The number of aromatic nitrogens is 1. The second-order valence-corrected chi connectivity index (χ2v) is 9.27. The minimum atomic E-state index is -0.992. The topological polar surface area (TPSA) is 89.8 Å². The van der Waals surface area contributed by atoms with Crippen molar-refractivity contribution in [3.63, 3.8) is 0 Å². The zero-order chi connectivity index (χ0) is 24.9. The third-order valence-corrected chi connectivity index (χ3v) is 6.40. The van der Waals surface area contributed by atoms with Crippen molar-refractivity contribution in [2.75, 3.05) is 12.4 Å². The molecule has 3 aromatic rings. The lowest BCUT2D eigenvalue weighted by atomic mass is 10.0. The summed E-state index contributed by atoms with van der Waals surface area (Å²) >= 11 is 0. The van der Waals surface area contributed by atoms with Crippen LogP contribution in [-0.2, 0) is 17.7 Å². The molecule has 0 atom stereocenters. The van der Waals surface area contributed by atoms with Crippen molar-refractivity contribution in [1.29, 1.82) is 0 Å². The molecule has 1 heterocycles. The molecule has 184 valence electrons. The number of nitrogens with one attached hydrogen (secondary N) is 1. The van der Waals surface area contributed by atoms with E-state index in [1.807, 2.05) is 18.2 Å². The summed E-state index contributed by atoms with van der Waals surface area (Å²) in [6.07, 6.45) is 8.45. The fourth-order valence-electron chi connectivity index (χ4n) is 4.56. The molecule has 0 spiro atoms. The first-order valence-corrected chi connectivity index (χ1v) is 12.0. The van der Waals surface area contributed by atoms with Gasteiger partial charge in [-0.1, -0.05) is 17.7 Å². The third kappa shape index (κ3) is 5.85. The number of hydrogen-bond acceptors (Lipinski definition) is 4. The molecule has 1 aliphatic carbocycles. The number of benzene rings is 2. The molecule has 0 bridgehead atoms. The number of carboxylic acids is 1. The lowest BCUT2D eigenvalue weighted by molar-refractivity contribution is 0.0696. The zero-order valence-corrected chi connectivity index (χ0v) is 20.5. The SMILES string of the molecule is COc1cc(C(=O)O)ccc1Cc1cn(CC=C(C)C)c2ccc(NC(=O)OC3CCCC3)cc12. The van der Waals surface area contributed by atoms with Crippen molar-refractivity contribution in [1.82, 2.24) is 4.57 Å². The first kappa shape index (κ1) is 24.4. The van der Waals surface area contributed by atoms with Crippen LogP contribution in [0.1, 0.15) is 61.0 Å². The molecule has 1 aromatic heterocycles. The Morgan fingerprint density at radius 2 is 1.89 bits per heavy atom. The number of anilines is 1. The number of fused-ring (bicyclic) bond motifs is 1. The van der Waals surface area contributed by atoms with Crippen LogP contribution in [0.2, 0.25) is 0 Å². The first-order valence-electron chi connectivity index (χ1n) is 12.0. The van der Waals surface area contributed by atoms with Crippen LogP contribution in [-0.4, -0.2) is 34.9 Å². The third-order valence-electron chi connectivity index (χ3n) is 6.40. The highest BCUT2D eigenvalue weighted by molar-refractivity contribution is 5.92. The molecule has 0 saturated heterocycles. The number of amides is 1. The zero-order valence-electron chi connectivity index (χ0n) is 20.5. The summed E-state index contributed by atoms with van der Waals surface area (Å²) in [6, 6.07) is 10.8. The molecule has 4 rings (SSSR count). The molecule has 35 heavy (non-hydrogen) atoms. The van der Waals surface area contributed by atoms with E-state index in [1.165, 1.54) is 5.57 Å². The van der Waals surface area contributed by atoms with E-state index in [0.29, 0.717) is 17.9 Å². The molecule has 2 aromatic carbocycles. The van der Waals surface area contributed by atoms with E-state index >= 15 is 0 Å². The number of carbonyl (C=O) groups excluding carboxylic acids is 1. The predicted octanol–water partition coefficient (Wildman–Crippen LogP) is 6.40. The van der Waals surface area contributed by atoms with Crippen LogP contribution in [0.5, 0.6) is 5.75 Å². The fourth-order valence-corrected chi connectivity index (χ4v) is 4.56. The second-order valence-electron chi connectivity index (χ2n) is 9.27. The Kier molecular flexibility index (Phi) is 7.44. The normalized spacial score (nSPS) is 13.6. The number of rotatable bonds is 8. The smallest absolute Gasteiger partial charge is 0.411 e. The van der Waals surface area contributed by atoms with Gasteiger partial charge in [0.15, 0.2) is 0 Å². The molecule has 0 radical (unpaired) electrons. The fraction of sp³-hybridized carbons (Fsp3) is 0.357. The number of carbonyl (C=O) groups is 2. The quantitative estimate of drug-likeness (QED) is 0.367. The summed E-state index contributed by atoms with van der Waals surface area (Å²) in [4.78, 5) is 23.8. The molecule has 1 aliphatic rings. The standard InChI is InChI=1S/C28H32N2O5/c1-18(2)12-13-30-17-21(14-19-8-9-20(27(31)32)15-26(19)34-3)24-16-22(10-11-25(24)30)29-28(33)35-23-6-4-5-7-23/h8-12,15-17,23H,4-7,13-14H2,1-3H3,(H,29,33)(H,31,32). The summed E-state index contributed by atoms with van der Waals surface area (Å²) in [6.45, 7) is 4.86. The van der Waals surface area contributed by atoms with Gasteiger partial charge in [-0.05, 0) is 81.0 Å². The van der Waals surface area contributed by atoms with Crippen LogP contribution < -0.4 is 10.1 Å². The lowest BCUT2D eigenvalue weighted by Gasteiger charge is -2.13. The van der Waals surface area contributed by atoms with Crippen molar-refractivity contribution in [2.24, 2.45) is 0 Å². The van der Waals surface area contributed by atoms with Gasteiger partial charge in [-0.15, -0.1) is 0 Å². The van der Waals surface area contributed by atoms with Crippen LogP contribution in [0.15, 0.2) is 54.2 Å². The van der Waals surface area contributed by atoms with Crippen molar-refractivity contribution < 1.29 is 24.2 Å². The number of ether oxygens (including phenoxy) is 2. The number of allylic oxidation sites excluding steroid dienone is 2. The van der Waals surface area contributed by atoms with Crippen molar-refractivity contribution in [3.05, 3.63) is 70.9 Å². The second kappa shape index (κ2) is 10.7. The summed E-state index contributed by atoms with van der Waals surface area (Å²) < 4.78 is 13.2. The van der Waals surface area contributed by atoms with E-state index in [9.17, 15) is 14.7 Å². The van der Waals surface area contributed by atoms with E-state index in [1.54, 1.807) is 25.3 Å². The largest absolute Gasteiger partial charge is 0.496 e. The molecular formula is C28H32N2O5. The molecular weight excluding hydrogens is 444 g/mol. The van der Waals surface area contributed by atoms with Crippen LogP contribution >= 0.6 is 0 Å². The predicted molar refractivity (Wildman–Crippen MR) is 136 cm³/mol. The molecule has 2 N–H and O–H groups in total. The van der Waals surface area contributed by atoms with E-state index in [0.717, 1.165) is 54.3 Å². The van der Waals surface area contributed by atoms with Gasteiger partial charge >= 0.3 is 12.1 Å². The molecule has 7 nitrogen and oxygen atoms in total. The van der Waals surface area contributed by atoms with Crippen molar-refractivity contribution in [3.8, 4) is 5.75 Å². The van der Waals surface area contributed by atoms with Gasteiger partial charge in [0.2, 0.25) is 0 Å². The number of aromatic carboxylic acids is 1. The number of carboxylic acid groups (broad SMARTS) is 1. The van der Waals surface area contributed by atoms with Crippen LogP contribution in [0.25, 0.3) is 10.9 Å². The minimum absolute atomic E-state index is 0.000634. The Hall–Kier alpha value is -3.74. The van der Waals surface area contributed by atoms with Crippen LogP contribution in [0.3, 0.4) is 0 Å². The summed E-state index contributed by atoms with van der Waals surface area (Å²) in [5, 5.41) is 13.2. The van der Waals surface area contributed by atoms with Gasteiger partial charge in [-0.25, -0.2) is 9.59 Å². The van der Waals surface area contributed by atoms with Gasteiger partial charge in [0, 0.05) is 35.8 Å². The van der Waals surface area contributed by atoms with Crippen molar-refractivity contribution in [2.45, 2.75) is 58.6 Å². The Bertz CT molecular complexity index is 1260. The van der Waals surface area contributed by atoms with Gasteiger partial charge in [0.25, 0.3) is 0 Å². The monoisotopic (exact) mass is 476 g/mol. The maximum Gasteiger partial charge on any atom is 0.411 e. The highest BCUT2D eigenvalue weighted by Gasteiger charge is 2.20. The molecule has 1 amide bonds. The Morgan fingerprint density at radius 1 is 1.11 bits per heavy atom.